The summed E-state index contributed by atoms with van der Waals surface area (Å²) in [6.07, 6.45) is 2.96. The van der Waals surface area contributed by atoms with E-state index in [9.17, 15) is 14.4 Å². The molecule has 0 saturated carbocycles. The van der Waals surface area contributed by atoms with E-state index in [-0.39, 0.29) is 5.92 Å². The minimum atomic E-state index is -0.798. The number of benzene rings is 1. The summed E-state index contributed by atoms with van der Waals surface area (Å²) in [6, 6.07) is 5.60. The first kappa shape index (κ1) is 20.2. The Morgan fingerprint density at radius 1 is 1.08 bits per heavy atom. The molecule has 1 rings (SSSR count). The molecule has 2 unspecified atom stereocenters. The lowest BCUT2D eigenvalue weighted by Gasteiger charge is -2.21. The molecule has 0 radical (unpaired) electrons. The van der Waals surface area contributed by atoms with Gasteiger partial charge in [0.25, 0.3) is 0 Å². The van der Waals surface area contributed by atoms with Crippen molar-refractivity contribution in [1.29, 1.82) is 0 Å². The van der Waals surface area contributed by atoms with Crippen molar-refractivity contribution in [2.45, 2.75) is 32.9 Å². The third-order valence-corrected chi connectivity index (χ3v) is 3.57. The number of methoxy groups -OCH3 is 1. The van der Waals surface area contributed by atoms with Crippen LogP contribution in [0.2, 0.25) is 0 Å². The van der Waals surface area contributed by atoms with Crippen LogP contribution in [0.4, 0.5) is 0 Å². The summed E-state index contributed by atoms with van der Waals surface area (Å²) in [6.45, 7) is 5.08. The standard InChI is InChI=1S/C18H25N3O4/c1-11(2)16(17(19)23)21-18(24)12(3)20-15(22)10-7-13-5-8-14(25-4)9-6-13/h5-12,16H,1-4H3,(H2,19,23)(H,20,22)(H,21,24)/b10-7+. The van der Waals surface area contributed by atoms with Crippen LogP contribution >= 0.6 is 0 Å². The van der Waals surface area contributed by atoms with Crippen LogP contribution in [0.1, 0.15) is 26.3 Å². The quantitative estimate of drug-likeness (QED) is 0.605. The number of hydrogen-bond acceptors (Lipinski definition) is 4. The van der Waals surface area contributed by atoms with Crippen LogP contribution in [0, 0.1) is 5.92 Å². The fraction of sp³-hybridized carbons (Fsp3) is 0.389. The molecule has 7 nitrogen and oxygen atoms in total. The van der Waals surface area contributed by atoms with Crippen molar-refractivity contribution in [2.24, 2.45) is 11.7 Å². The van der Waals surface area contributed by atoms with E-state index in [1.54, 1.807) is 51.3 Å². The average molecular weight is 347 g/mol. The van der Waals surface area contributed by atoms with Gasteiger partial charge in [-0.2, -0.15) is 0 Å². The fourth-order valence-electron chi connectivity index (χ4n) is 2.06. The number of ether oxygens (including phenoxy) is 1. The molecule has 3 amide bonds. The van der Waals surface area contributed by atoms with E-state index in [4.69, 9.17) is 10.5 Å². The number of amides is 3. The van der Waals surface area contributed by atoms with Crippen molar-refractivity contribution in [3.63, 3.8) is 0 Å². The van der Waals surface area contributed by atoms with Gasteiger partial charge in [-0.25, -0.2) is 0 Å². The molecule has 0 heterocycles. The zero-order valence-electron chi connectivity index (χ0n) is 14.9. The van der Waals surface area contributed by atoms with Gasteiger partial charge < -0.3 is 21.1 Å². The van der Waals surface area contributed by atoms with Gasteiger partial charge in [0.2, 0.25) is 17.7 Å². The lowest BCUT2D eigenvalue weighted by Crippen LogP contribution is -2.53. The predicted octanol–water partition coefficient (Wildman–Crippen LogP) is 0.839. The summed E-state index contributed by atoms with van der Waals surface area (Å²) < 4.78 is 5.06. The molecular formula is C18H25N3O4. The first-order chi connectivity index (χ1) is 11.7. The van der Waals surface area contributed by atoms with Crippen LogP contribution in [0.5, 0.6) is 5.75 Å². The van der Waals surface area contributed by atoms with Gasteiger partial charge in [0.15, 0.2) is 0 Å². The lowest BCUT2D eigenvalue weighted by atomic mass is 10.0. The fourth-order valence-corrected chi connectivity index (χ4v) is 2.06. The van der Waals surface area contributed by atoms with Crippen LogP contribution in [0.25, 0.3) is 6.08 Å². The largest absolute Gasteiger partial charge is 0.497 e. The Balaban J connectivity index is 2.58. The van der Waals surface area contributed by atoms with E-state index in [0.717, 1.165) is 11.3 Å². The molecule has 2 atom stereocenters. The molecule has 0 aliphatic heterocycles. The van der Waals surface area contributed by atoms with Crippen molar-refractivity contribution >= 4 is 23.8 Å². The smallest absolute Gasteiger partial charge is 0.244 e. The maximum Gasteiger partial charge on any atom is 0.244 e. The molecule has 0 aromatic heterocycles. The SMILES string of the molecule is COc1ccc(/C=C/C(=O)NC(C)C(=O)NC(C(N)=O)C(C)C)cc1. The van der Waals surface area contributed by atoms with Gasteiger partial charge in [-0.3, -0.25) is 14.4 Å². The van der Waals surface area contributed by atoms with E-state index in [1.165, 1.54) is 13.0 Å². The van der Waals surface area contributed by atoms with Gasteiger partial charge in [0.05, 0.1) is 7.11 Å². The van der Waals surface area contributed by atoms with Gasteiger partial charge in [0.1, 0.15) is 17.8 Å². The summed E-state index contributed by atoms with van der Waals surface area (Å²) in [4.78, 5) is 35.3. The number of primary amides is 1. The minimum Gasteiger partial charge on any atom is -0.497 e. The number of carbonyl (C=O) groups excluding carboxylic acids is 3. The minimum absolute atomic E-state index is 0.140. The Morgan fingerprint density at radius 2 is 1.68 bits per heavy atom. The lowest BCUT2D eigenvalue weighted by molar-refractivity contribution is -0.130. The number of carbonyl (C=O) groups is 3. The second kappa shape index (κ2) is 9.46. The second-order valence-corrected chi connectivity index (χ2v) is 5.97. The first-order valence-corrected chi connectivity index (χ1v) is 7.97. The molecule has 0 saturated heterocycles. The van der Waals surface area contributed by atoms with Crippen molar-refractivity contribution < 1.29 is 19.1 Å². The molecule has 7 heteroatoms. The zero-order chi connectivity index (χ0) is 19.0. The summed E-state index contributed by atoms with van der Waals surface area (Å²) in [5, 5.41) is 5.08. The average Bonchev–Trinajstić information content (AvgIpc) is 2.57. The molecule has 136 valence electrons. The van der Waals surface area contributed by atoms with Crippen LogP contribution in [0.3, 0.4) is 0 Å². The highest BCUT2D eigenvalue weighted by molar-refractivity contribution is 5.96. The highest BCUT2D eigenvalue weighted by atomic mass is 16.5. The normalized spacial score (nSPS) is 13.3. The van der Waals surface area contributed by atoms with Gasteiger partial charge in [-0.05, 0) is 36.6 Å². The topological polar surface area (TPSA) is 111 Å². The summed E-state index contributed by atoms with van der Waals surface area (Å²) in [5.74, 6) is -0.913. The maximum absolute atomic E-state index is 12.1. The maximum atomic E-state index is 12.1. The van der Waals surface area contributed by atoms with Crippen molar-refractivity contribution in [2.75, 3.05) is 7.11 Å². The molecule has 4 N–H and O–H groups in total. The molecule has 1 aromatic rings. The predicted molar refractivity (Wildman–Crippen MR) is 95.6 cm³/mol. The second-order valence-electron chi connectivity index (χ2n) is 5.97. The Labute approximate surface area is 147 Å². The third-order valence-electron chi connectivity index (χ3n) is 3.57. The monoisotopic (exact) mass is 347 g/mol. The van der Waals surface area contributed by atoms with E-state index in [0.29, 0.717) is 0 Å². The van der Waals surface area contributed by atoms with Crippen molar-refractivity contribution in [1.82, 2.24) is 10.6 Å². The van der Waals surface area contributed by atoms with E-state index < -0.39 is 29.8 Å². The highest BCUT2D eigenvalue weighted by Crippen LogP contribution is 2.12. The first-order valence-electron chi connectivity index (χ1n) is 7.97. The number of rotatable bonds is 8. The van der Waals surface area contributed by atoms with Crippen LogP contribution in [-0.2, 0) is 14.4 Å². The van der Waals surface area contributed by atoms with Gasteiger partial charge in [-0.1, -0.05) is 26.0 Å². The summed E-state index contributed by atoms with van der Waals surface area (Å²) in [5.41, 5.74) is 6.08. The van der Waals surface area contributed by atoms with Crippen molar-refractivity contribution in [3.8, 4) is 5.75 Å². The molecule has 1 aromatic carbocycles. The number of nitrogens with two attached hydrogens (primary N) is 1. The van der Waals surface area contributed by atoms with Crippen LogP contribution in [0.15, 0.2) is 30.3 Å². The van der Waals surface area contributed by atoms with E-state index in [1.807, 2.05) is 0 Å². The highest BCUT2D eigenvalue weighted by Gasteiger charge is 2.24. The summed E-state index contributed by atoms with van der Waals surface area (Å²) >= 11 is 0. The third kappa shape index (κ3) is 6.66. The summed E-state index contributed by atoms with van der Waals surface area (Å²) in [7, 11) is 1.58. The number of hydrogen-bond donors (Lipinski definition) is 3. The Morgan fingerprint density at radius 3 is 2.16 bits per heavy atom. The molecule has 0 bridgehead atoms. The number of nitrogens with one attached hydrogen (secondary N) is 2. The van der Waals surface area contributed by atoms with Crippen molar-refractivity contribution in [3.05, 3.63) is 35.9 Å². The Bertz CT molecular complexity index is 638. The Hall–Kier alpha value is -2.83. The van der Waals surface area contributed by atoms with Gasteiger partial charge in [0, 0.05) is 6.08 Å². The molecule has 25 heavy (non-hydrogen) atoms. The van der Waals surface area contributed by atoms with E-state index >= 15 is 0 Å². The molecule has 0 aliphatic carbocycles. The Kier molecular flexibility index (Phi) is 7.65. The van der Waals surface area contributed by atoms with Crippen LogP contribution in [-0.4, -0.2) is 36.9 Å². The zero-order valence-corrected chi connectivity index (χ0v) is 14.9. The van der Waals surface area contributed by atoms with E-state index in [2.05, 4.69) is 10.6 Å². The van der Waals surface area contributed by atoms with Gasteiger partial charge in [-0.15, -0.1) is 0 Å². The molecule has 0 fully saturated rings. The van der Waals surface area contributed by atoms with Crippen LogP contribution < -0.4 is 21.1 Å². The van der Waals surface area contributed by atoms with Gasteiger partial charge >= 0.3 is 0 Å². The molecule has 0 aliphatic rings. The molecular weight excluding hydrogens is 322 g/mol. The molecule has 0 spiro atoms.